The van der Waals surface area contributed by atoms with Crippen molar-refractivity contribution in [3.05, 3.63) is 29.3 Å². The average Bonchev–Trinajstić information content (AvgIpc) is 2.21. The molecule has 88 valence electrons. The lowest BCUT2D eigenvalue weighted by atomic mass is 10.1. The molecular formula is C12H16O3S. The molecule has 1 rings (SSSR count). The van der Waals surface area contributed by atoms with Crippen LogP contribution in [-0.4, -0.2) is 26.4 Å². The molecule has 0 heterocycles. The van der Waals surface area contributed by atoms with Gasteiger partial charge in [0.15, 0.2) is 9.84 Å². The third kappa shape index (κ3) is 4.96. The largest absolute Gasteiger partial charge is 0.384 e. The molecule has 0 fully saturated rings. The molecule has 1 aromatic rings. The summed E-state index contributed by atoms with van der Waals surface area (Å²) in [6, 6.07) is 5.16. The summed E-state index contributed by atoms with van der Waals surface area (Å²) in [6.07, 6.45) is 5.75. The zero-order chi connectivity index (χ0) is 12.8. The smallest absolute Gasteiger partial charge is 0.175 e. The van der Waals surface area contributed by atoms with Crippen LogP contribution in [0.4, 0.5) is 0 Å². The fourth-order valence-electron chi connectivity index (χ4n) is 0.945. The Kier molecular flexibility index (Phi) is 5.79. The second-order valence-corrected chi connectivity index (χ2v) is 5.40. The van der Waals surface area contributed by atoms with Crippen LogP contribution in [0, 0.1) is 26.2 Å². The molecule has 0 aliphatic carbocycles. The van der Waals surface area contributed by atoms with Crippen molar-refractivity contribution in [2.75, 3.05) is 12.9 Å². The highest BCUT2D eigenvalue weighted by molar-refractivity contribution is 7.90. The first kappa shape index (κ1) is 14.7. The van der Waals surface area contributed by atoms with Crippen LogP contribution in [0.25, 0.3) is 0 Å². The quantitative estimate of drug-likeness (QED) is 0.753. The predicted octanol–water partition coefficient (Wildman–Crippen LogP) is 1.32. The number of aryl methyl sites for hydroxylation is 2. The maximum atomic E-state index is 11.1. The van der Waals surface area contributed by atoms with E-state index in [9.17, 15) is 8.42 Å². The molecule has 0 aliphatic heterocycles. The molecule has 0 saturated carbocycles. The molecular weight excluding hydrogens is 224 g/mol. The molecule has 0 aromatic heterocycles. The van der Waals surface area contributed by atoms with Gasteiger partial charge in [-0.05, 0) is 37.1 Å². The van der Waals surface area contributed by atoms with Gasteiger partial charge < -0.3 is 5.11 Å². The van der Waals surface area contributed by atoms with Crippen molar-refractivity contribution in [2.24, 2.45) is 0 Å². The summed E-state index contributed by atoms with van der Waals surface area (Å²) in [5, 5.41) is 7.64. The zero-order valence-electron chi connectivity index (χ0n) is 9.69. The summed E-state index contributed by atoms with van der Waals surface area (Å²) in [6.45, 7) is 3.71. The van der Waals surface area contributed by atoms with Crippen LogP contribution in [0.1, 0.15) is 11.1 Å². The molecule has 16 heavy (non-hydrogen) atoms. The van der Waals surface area contributed by atoms with Crippen LogP contribution in [-0.2, 0) is 9.84 Å². The minimum atomic E-state index is -3.04. The van der Waals surface area contributed by atoms with E-state index in [0.29, 0.717) is 4.90 Å². The van der Waals surface area contributed by atoms with Gasteiger partial charge in [0.05, 0.1) is 4.90 Å². The van der Waals surface area contributed by atoms with Crippen LogP contribution in [0.15, 0.2) is 23.1 Å². The predicted molar refractivity (Wildman–Crippen MR) is 64.9 cm³/mol. The van der Waals surface area contributed by atoms with Crippen LogP contribution in [0.5, 0.6) is 0 Å². The standard InChI is InChI=1S/C9H12O2S.C3H4O/c1-7-4-5-9(6-8(7)2)12(3,10)11;1-2-3-4/h4-6H,1-3H3;1,4H,3H2. The van der Waals surface area contributed by atoms with Crippen molar-refractivity contribution in [3.8, 4) is 12.3 Å². The minimum Gasteiger partial charge on any atom is -0.384 e. The van der Waals surface area contributed by atoms with E-state index in [0.717, 1.165) is 11.1 Å². The molecule has 0 aliphatic rings. The summed E-state index contributed by atoms with van der Waals surface area (Å²) in [7, 11) is -3.04. The molecule has 0 saturated heterocycles. The van der Waals surface area contributed by atoms with Crippen molar-refractivity contribution >= 4 is 9.84 Å². The molecule has 0 unspecified atom stereocenters. The third-order valence-electron chi connectivity index (χ3n) is 2.00. The summed E-state index contributed by atoms with van der Waals surface area (Å²) in [5.74, 6) is 1.99. The topological polar surface area (TPSA) is 54.4 Å². The van der Waals surface area contributed by atoms with Crippen LogP contribution in [0.3, 0.4) is 0 Å². The van der Waals surface area contributed by atoms with Gasteiger partial charge in [-0.15, -0.1) is 6.42 Å². The van der Waals surface area contributed by atoms with Crippen LogP contribution in [0.2, 0.25) is 0 Å². The minimum absolute atomic E-state index is 0.153. The molecule has 4 heteroatoms. The van der Waals surface area contributed by atoms with Gasteiger partial charge in [0.1, 0.15) is 6.61 Å². The van der Waals surface area contributed by atoms with E-state index >= 15 is 0 Å². The fourth-order valence-corrected chi connectivity index (χ4v) is 1.65. The van der Waals surface area contributed by atoms with Gasteiger partial charge in [-0.2, -0.15) is 0 Å². The van der Waals surface area contributed by atoms with E-state index in [1.54, 1.807) is 12.1 Å². The number of hydrogen-bond acceptors (Lipinski definition) is 3. The van der Waals surface area contributed by atoms with Crippen molar-refractivity contribution in [3.63, 3.8) is 0 Å². The second kappa shape index (κ2) is 6.31. The average molecular weight is 240 g/mol. The Morgan fingerprint density at radius 3 is 2.12 bits per heavy atom. The summed E-state index contributed by atoms with van der Waals surface area (Å²) in [5.41, 5.74) is 2.13. The summed E-state index contributed by atoms with van der Waals surface area (Å²) >= 11 is 0. The first-order valence-corrected chi connectivity index (χ1v) is 6.53. The van der Waals surface area contributed by atoms with Gasteiger partial charge in [-0.3, -0.25) is 0 Å². The maximum absolute atomic E-state index is 11.1. The van der Waals surface area contributed by atoms with Crippen LogP contribution < -0.4 is 0 Å². The van der Waals surface area contributed by atoms with E-state index in [1.807, 2.05) is 25.8 Å². The number of aliphatic hydroxyl groups is 1. The normalized spacial score (nSPS) is 9.94. The van der Waals surface area contributed by atoms with Crippen molar-refractivity contribution in [1.29, 1.82) is 0 Å². The van der Waals surface area contributed by atoms with Gasteiger partial charge in [0.25, 0.3) is 0 Å². The van der Waals surface area contributed by atoms with Gasteiger partial charge in [-0.25, -0.2) is 8.42 Å². The number of benzene rings is 1. The number of aliphatic hydroxyl groups excluding tert-OH is 1. The Hall–Kier alpha value is -1.31. The third-order valence-corrected chi connectivity index (χ3v) is 3.11. The monoisotopic (exact) mass is 240 g/mol. The fraction of sp³-hybridized carbons (Fsp3) is 0.333. The Bertz CT molecular complexity index is 481. The number of rotatable bonds is 1. The lowest BCUT2D eigenvalue weighted by molar-refractivity contribution is 0.351. The number of terminal acetylenes is 1. The zero-order valence-corrected chi connectivity index (χ0v) is 10.5. The highest BCUT2D eigenvalue weighted by atomic mass is 32.2. The highest BCUT2D eigenvalue weighted by Crippen LogP contribution is 2.13. The molecule has 0 bridgehead atoms. The SMILES string of the molecule is C#CCO.Cc1ccc(S(C)(=O)=O)cc1C. The summed E-state index contributed by atoms with van der Waals surface area (Å²) in [4.78, 5) is 0.394. The number of hydrogen-bond donors (Lipinski definition) is 1. The Labute approximate surface area is 97.0 Å². The summed E-state index contributed by atoms with van der Waals surface area (Å²) < 4.78 is 22.2. The van der Waals surface area contributed by atoms with Gasteiger partial charge in [0, 0.05) is 6.26 Å². The van der Waals surface area contributed by atoms with E-state index in [1.165, 1.54) is 6.26 Å². The molecule has 0 radical (unpaired) electrons. The first-order chi connectivity index (χ1) is 7.32. The molecule has 0 amide bonds. The van der Waals surface area contributed by atoms with Crippen molar-refractivity contribution in [1.82, 2.24) is 0 Å². The van der Waals surface area contributed by atoms with E-state index in [2.05, 4.69) is 6.42 Å². The van der Waals surface area contributed by atoms with Crippen LogP contribution >= 0.6 is 0 Å². The lowest BCUT2D eigenvalue weighted by Crippen LogP contribution is -1.97. The van der Waals surface area contributed by atoms with E-state index < -0.39 is 9.84 Å². The lowest BCUT2D eigenvalue weighted by Gasteiger charge is -2.02. The highest BCUT2D eigenvalue weighted by Gasteiger charge is 2.06. The molecule has 1 aromatic carbocycles. The Morgan fingerprint density at radius 2 is 1.81 bits per heavy atom. The van der Waals surface area contributed by atoms with E-state index in [-0.39, 0.29) is 6.61 Å². The van der Waals surface area contributed by atoms with Gasteiger partial charge >= 0.3 is 0 Å². The van der Waals surface area contributed by atoms with E-state index in [4.69, 9.17) is 5.11 Å². The Morgan fingerprint density at radius 1 is 1.31 bits per heavy atom. The van der Waals surface area contributed by atoms with Gasteiger partial charge in [0.2, 0.25) is 0 Å². The first-order valence-electron chi connectivity index (χ1n) is 4.64. The van der Waals surface area contributed by atoms with Crippen molar-refractivity contribution in [2.45, 2.75) is 18.7 Å². The molecule has 0 atom stereocenters. The Balaban J connectivity index is 0.000000487. The van der Waals surface area contributed by atoms with Gasteiger partial charge in [-0.1, -0.05) is 12.0 Å². The maximum Gasteiger partial charge on any atom is 0.175 e. The molecule has 1 N–H and O–H groups in total. The second-order valence-electron chi connectivity index (χ2n) is 3.38. The molecule has 0 spiro atoms. The van der Waals surface area contributed by atoms with Crippen molar-refractivity contribution < 1.29 is 13.5 Å². The number of sulfone groups is 1. The molecule has 3 nitrogen and oxygen atoms in total.